The van der Waals surface area contributed by atoms with Crippen LogP contribution in [0.4, 0.5) is 0 Å². The first kappa shape index (κ1) is 8.76. The van der Waals surface area contributed by atoms with Crippen molar-refractivity contribution in [3.8, 4) is 0 Å². The van der Waals surface area contributed by atoms with Crippen molar-refractivity contribution in [2.24, 2.45) is 5.73 Å². The summed E-state index contributed by atoms with van der Waals surface area (Å²) in [4.78, 5) is 0. The zero-order valence-electron chi connectivity index (χ0n) is 8.05. The fourth-order valence-corrected chi connectivity index (χ4v) is 2.11. The number of fused-ring (bicyclic) bond motifs is 1. The lowest BCUT2D eigenvalue weighted by Crippen LogP contribution is -2.06. The average molecular weight is 175 g/mol. The monoisotopic (exact) mass is 175 g/mol. The Kier molecular flexibility index (Phi) is 2.65. The minimum Gasteiger partial charge on any atom is -0.330 e. The Morgan fingerprint density at radius 1 is 1.08 bits per heavy atom. The number of aryl methyl sites for hydroxylation is 2. The fourth-order valence-electron chi connectivity index (χ4n) is 2.11. The molecule has 0 fully saturated rings. The molecule has 0 saturated heterocycles. The first-order chi connectivity index (χ1) is 6.40. The molecular formula is C12H17N. The maximum Gasteiger partial charge on any atom is -0.00367 e. The van der Waals surface area contributed by atoms with Crippen molar-refractivity contribution in [1.82, 2.24) is 0 Å². The van der Waals surface area contributed by atoms with Crippen LogP contribution in [0.2, 0.25) is 0 Å². The lowest BCUT2D eigenvalue weighted by molar-refractivity contribution is 0.684. The Balaban J connectivity index is 2.24. The lowest BCUT2D eigenvalue weighted by atomic mass is 9.90. The molecule has 0 aliphatic heterocycles. The molecule has 2 rings (SSSR count). The topological polar surface area (TPSA) is 26.0 Å². The fraction of sp³-hybridized carbons (Fsp3) is 0.500. The van der Waals surface area contributed by atoms with E-state index in [1.807, 2.05) is 0 Å². The van der Waals surface area contributed by atoms with Gasteiger partial charge >= 0.3 is 0 Å². The van der Waals surface area contributed by atoms with E-state index in [1.54, 1.807) is 11.1 Å². The van der Waals surface area contributed by atoms with Crippen LogP contribution in [0.25, 0.3) is 0 Å². The summed E-state index contributed by atoms with van der Waals surface area (Å²) in [6, 6.07) is 6.87. The van der Waals surface area contributed by atoms with Crippen LogP contribution >= 0.6 is 0 Å². The summed E-state index contributed by atoms with van der Waals surface area (Å²) in [6.07, 6.45) is 6.29. The summed E-state index contributed by atoms with van der Waals surface area (Å²) in [5.41, 5.74) is 10.1. The zero-order valence-corrected chi connectivity index (χ0v) is 8.05. The van der Waals surface area contributed by atoms with Crippen molar-refractivity contribution in [2.45, 2.75) is 32.1 Å². The summed E-state index contributed by atoms with van der Waals surface area (Å²) in [6.45, 7) is 0.763. The molecule has 13 heavy (non-hydrogen) atoms. The first-order valence-corrected chi connectivity index (χ1v) is 5.21. The number of benzene rings is 1. The van der Waals surface area contributed by atoms with Gasteiger partial charge in [-0.3, -0.25) is 0 Å². The molecule has 2 N–H and O–H groups in total. The maximum atomic E-state index is 5.54. The van der Waals surface area contributed by atoms with Gasteiger partial charge in [0.15, 0.2) is 0 Å². The van der Waals surface area contributed by atoms with Gasteiger partial charge in [0.1, 0.15) is 0 Å². The van der Waals surface area contributed by atoms with Crippen molar-refractivity contribution in [3.05, 3.63) is 34.9 Å². The minimum atomic E-state index is 0.763. The van der Waals surface area contributed by atoms with E-state index < -0.39 is 0 Å². The molecule has 0 bridgehead atoms. The highest BCUT2D eigenvalue weighted by molar-refractivity contribution is 5.33. The molecule has 0 unspecified atom stereocenters. The second kappa shape index (κ2) is 3.93. The van der Waals surface area contributed by atoms with Gasteiger partial charge in [0.2, 0.25) is 0 Å². The zero-order chi connectivity index (χ0) is 9.10. The second-order valence-corrected chi connectivity index (χ2v) is 3.85. The van der Waals surface area contributed by atoms with E-state index in [-0.39, 0.29) is 0 Å². The third kappa shape index (κ3) is 1.92. The number of nitrogens with two attached hydrogens (primary N) is 1. The van der Waals surface area contributed by atoms with E-state index in [1.165, 1.54) is 31.2 Å². The molecule has 1 heteroatoms. The average Bonchev–Trinajstić information content (AvgIpc) is 2.18. The standard InChI is InChI=1S/C12H17N/c13-8-7-10-5-6-11-3-1-2-4-12(11)9-10/h5-6,9H,1-4,7-8,13H2. The Hall–Kier alpha value is -0.820. The highest BCUT2D eigenvalue weighted by atomic mass is 14.5. The molecule has 0 spiro atoms. The van der Waals surface area contributed by atoms with Crippen molar-refractivity contribution in [3.63, 3.8) is 0 Å². The van der Waals surface area contributed by atoms with Crippen molar-refractivity contribution in [1.29, 1.82) is 0 Å². The van der Waals surface area contributed by atoms with Crippen molar-refractivity contribution in [2.75, 3.05) is 6.54 Å². The van der Waals surface area contributed by atoms with Crippen LogP contribution in [0.5, 0.6) is 0 Å². The van der Waals surface area contributed by atoms with Crippen LogP contribution in [0.3, 0.4) is 0 Å². The molecule has 1 aromatic rings. The molecule has 0 atom stereocenters. The van der Waals surface area contributed by atoms with E-state index in [2.05, 4.69) is 18.2 Å². The van der Waals surface area contributed by atoms with E-state index in [0.29, 0.717) is 0 Å². The summed E-state index contributed by atoms with van der Waals surface area (Å²) >= 11 is 0. The number of rotatable bonds is 2. The van der Waals surface area contributed by atoms with Crippen LogP contribution in [-0.2, 0) is 19.3 Å². The molecule has 1 nitrogen and oxygen atoms in total. The predicted octanol–water partition coefficient (Wildman–Crippen LogP) is 2.07. The van der Waals surface area contributed by atoms with Gasteiger partial charge in [0, 0.05) is 0 Å². The van der Waals surface area contributed by atoms with E-state index in [0.717, 1.165) is 13.0 Å². The number of hydrogen-bond donors (Lipinski definition) is 1. The van der Waals surface area contributed by atoms with Gasteiger partial charge in [0.25, 0.3) is 0 Å². The van der Waals surface area contributed by atoms with Crippen molar-refractivity contribution < 1.29 is 0 Å². The lowest BCUT2D eigenvalue weighted by Gasteiger charge is -2.16. The van der Waals surface area contributed by atoms with Crippen LogP contribution in [0, 0.1) is 0 Å². The third-order valence-electron chi connectivity index (χ3n) is 2.85. The van der Waals surface area contributed by atoms with Crippen LogP contribution < -0.4 is 5.73 Å². The first-order valence-electron chi connectivity index (χ1n) is 5.21. The summed E-state index contributed by atoms with van der Waals surface area (Å²) in [7, 11) is 0. The van der Waals surface area contributed by atoms with Crippen LogP contribution in [-0.4, -0.2) is 6.54 Å². The molecular weight excluding hydrogens is 158 g/mol. The SMILES string of the molecule is NCCc1ccc2c(c1)CCCC2. The maximum absolute atomic E-state index is 5.54. The van der Waals surface area contributed by atoms with Gasteiger partial charge in [-0.25, -0.2) is 0 Å². The van der Waals surface area contributed by atoms with E-state index >= 15 is 0 Å². The van der Waals surface area contributed by atoms with Crippen molar-refractivity contribution >= 4 is 0 Å². The molecule has 0 radical (unpaired) electrons. The predicted molar refractivity (Wildman–Crippen MR) is 55.8 cm³/mol. The van der Waals surface area contributed by atoms with E-state index in [9.17, 15) is 0 Å². The third-order valence-corrected chi connectivity index (χ3v) is 2.85. The minimum absolute atomic E-state index is 0.763. The Labute approximate surface area is 80.0 Å². The van der Waals surface area contributed by atoms with Gasteiger partial charge in [0.05, 0.1) is 0 Å². The Morgan fingerprint density at radius 3 is 2.62 bits per heavy atom. The normalized spacial score (nSPS) is 15.5. The molecule has 0 heterocycles. The molecule has 0 amide bonds. The van der Waals surface area contributed by atoms with Crippen LogP contribution in [0.15, 0.2) is 18.2 Å². The molecule has 1 aliphatic carbocycles. The van der Waals surface area contributed by atoms with Gasteiger partial charge < -0.3 is 5.73 Å². The molecule has 0 saturated carbocycles. The second-order valence-electron chi connectivity index (χ2n) is 3.85. The summed E-state index contributed by atoms with van der Waals surface area (Å²) in [5.74, 6) is 0. The van der Waals surface area contributed by atoms with Gasteiger partial charge in [-0.1, -0.05) is 18.2 Å². The Morgan fingerprint density at radius 2 is 1.85 bits per heavy atom. The number of hydrogen-bond acceptors (Lipinski definition) is 1. The molecule has 0 aromatic heterocycles. The van der Waals surface area contributed by atoms with Gasteiger partial charge in [-0.2, -0.15) is 0 Å². The van der Waals surface area contributed by atoms with Gasteiger partial charge in [-0.15, -0.1) is 0 Å². The molecule has 1 aliphatic rings. The largest absolute Gasteiger partial charge is 0.330 e. The Bertz CT molecular complexity index is 291. The quantitative estimate of drug-likeness (QED) is 0.731. The van der Waals surface area contributed by atoms with E-state index in [4.69, 9.17) is 5.73 Å². The molecule has 1 aromatic carbocycles. The summed E-state index contributed by atoms with van der Waals surface area (Å²) < 4.78 is 0. The highest BCUT2D eigenvalue weighted by Gasteiger charge is 2.08. The van der Waals surface area contributed by atoms with Gasteiger partial charge in [-0.05, 0) is 55.3 Å². The van der Waals surface area contributed by atoms with Crippen LogP contribution in [0.1, 0.15) is 29.5 Å². The highest BCUT2D eigenvalue weighted by Crippen LogP contribution is 2.22. The smallest absolute Gasteiger partial charge is 0.00367 e. The molecule has 70 valence electrons. The summed E-state index contributed by atoms with van der Waals surface area (Å²) in [5, 5.41) is 0.